The third-order valence-electron chi connectivity index (χ3n) is 4.54. The predicted octanol–water partition coefficient (Wildman–Crippen LogP) is 4.55. The second kappa shape index (κ2) is 11.3. The monoisotopic (exact) mass is 446 g/mol. The van der Waals surface area contributed by atoms with Gasteiger partial charge in [-0.2, -0.15) is 0 Å². The van der Waals surface area contributed by atoms with Crippen molar-refractivity contribution in [3.05, 3.63) is 27.7 Å². The molecule has 1 aliphatic heterocycles. The van der Waals surface area contributed by atoms with E-state index in [-0.39, 0.29) is 12.1 Å². The molecule has 0 unspecified atom stereocenters. The first-order chi connectivity index (χ1) is 13.7. The number of benzene rings is 1. The van der Waals surface area contributed by atoms with E-state index in [1.165, 1.54) is 0 Å². The second-order valence-corrected chi connectivity index (χ2v) is 9.08. The fraction of sp³-hybridized carbons (Fsp3) is 0.667. The van der Waals surface area contributed by atoms with E-state index in [1.54, 1.807) is 7.11 Å². The van der Waals surface area contributed by atoms with Crippen LogP contribution in [0, 0.1) is 0 Å². The first-order valence-corrected chi connectivity index (χ1v) is 10.7. The number of halogens is 2. The average Bonchev–Trinajstić information content (AvgIpc) is 2.61. The zero-order valence-electron chi connectivity index (χ0n) is 17.7. The molecule has 1 aromatic rings. The normalized spacial score (nSPS) is 17.8. The lowest BCUT2D eigenvalue weighted by Gasteiger charge is -2.33. The van der Waals surface area contributed by atoms with Crippen molar-refractivity contribution in [1.82, 2.24) is 10.2 Å². The van der Waals surface area contributed by atoms with Crippen molar-refractivity contribution in [3.63, 3.8) is 0 Å². The highest BCUT2D eigenvalue weighted by Gasteiger charge is 2.24. The quantitative estimate of drug-likeness (QED) is 0.593. The Morgan fingerprint density at radius 2 is 1.93 bits per heavy atom. The number of hydrogen-bond acceptors (Lipinski definition) is 5. The lowest BCUT2D eigenvalue weighted by molar-refractivity contribution is 0.0472. The number of hydrogen-bond donors (Lipinski definition) is 1. The number of methoxy groups -OCH3 is 1. The number of ether oxygens (including phenoxy) is 3. The summed E-state index contributed by atoms with van der Waals surface area (Å²) in [5.41, 5.74) is 0.567. The molecule has 0 spiro atoms. The van der Waals surface area contributed by atoms with Gasteiger partial charge >= 0.3 is 6.09 Å². The van der Waals surface area contributed by atoms with E-state index in [0.717, 1.165) is 44.5 Å². The summed E-state index contributed by atoms with van der Waals surface area (Å²) in [5, 5.41) is 3.99. The van der Waals surface area contributed by atoms with Crippen molar-refractivity contribution < 1.29 is 19.0 Å². The molecule has 1 heterocycles. The van der Waals surface area contributed by atoms with Crippen molar-refractivity contribution in [2.75, 3.05) is 40.0 Å². The molecular formula is C21H32Cl2N2O4. The summed E-state index contributed by atoms with van der Waals surface area (Å²) < 4.78 is 15.9. The van der Waals surface area contributed by atoms with Crippen LogP contribution >= 0.6 is 23.2 Å². The van der Waals surface area contributed by atoms with Crippen LogP contribution in [0.2, 0.25) is 10.0 Å². The van der Waals surface area contributed by atoms with Crippen LogP contribution < -0.4 is 10.1 Å². The van der Waals surface area contributed by atoms with Crippen molar-refractivity contribution in [3.8, 4) is 5.75 Å². The molecule has 0 bridgehead atoms. The van der Waals surface area contributed by atoms with Crippen LogP contribution in [-0.4, -0.2) is 62.6 Å². The number of rotatable bonds is 8. The molecule has 0 saturated carbocycles. The van der Waals surface area contributed by atoms with E-state index in [1.807, 2.05) is 32.9 Å². The van der Waals surface area contributed by atoms with Crippen molar-refractivity contribution in [1.29, 1.82) is 0 Å². The van der Waals surface area contributed by atoms with Gasteiger partial charge in [0.2, 0.25) is 0 Å². The molecule has 1 aliphatic rings. The number of amides is 1. The SMILES string of the molecule is COCCOc1c(Cl)cc(CCN2CCC[C@@H](NC(=O)OC(C)(C)C)C2)cc1Cl. The Balaban J connectivity index is 1.85. The highest BCUT2D eigenvalue weighted by atomic mass is 35.5. The van der Waals surface area contributed by atoms with Crippen molar-refractivity contribution >= 4 is 29.3 Å². The first-order valence-electron chi connectivity index (χ1n) is 9.99. The van der Waals surface area contributed by atoms with E-state index >= 15 is 0 Å². The van der Waals surface area contributed by atoms with Gasteiger partial charge in [0.15, 0.2) is 5.75 Å². The van der Waals surface area contributed by atoms with Gasteiger partial charge in [-0.1, -0.05) is 23.2 Å². The number of carbonyl (C=O) groups is 1. The summed E-state index contributed by atoms with van der Waals surface area (Å²) in [6.45, 7) is 9.14. The van der Waals surface area contributed by atoms with Crippen molar-refractivity contribution in [2.24, 2.45) is 0 Å². The van der Waals surface area contributed by atoms with Crippen LogP contribution in [-0.2, 0) is 15.9 Å². The van der Waals surface area contributed by atoms with Gasteiger partial charge in [-0.3, -0.25) is 0 Å². The Morgan fingerprint density at radius 1 is 1.24 bits per heavy atom. The standard InChI is InChI=1S/C21H32Cl2N2O4/c1-21(2,3)29-20(26)24-16-6-5-8-25(14-16)9-7-15-12-17(22)19(18(23)13-15)28-11-10-27-4/h12-13,16H,5-11,14H2,1-4H3,(H,24,26)/t16-/m1/s1. The van der Waals surface area contributed by atoms with Gasteiger partial charge in [0.25, 0.3) is 0 Å². The Labute approximate surface area is 183 Å². The number of nitrogens with one attached hydrogen (secondary N) is 1. The van der Waals surface area contributed by atoms with E-state index in [4.69, 9.17) is 37.4 Å². The minimum absolute atomic E-state index is 0.0994. The minimum atomic E-state index is -0.490. The highest BCUT2D eigenvalue weighted by molar-refractivity contribution is 6.37. The number of likely N-dealkylation sites (tertiary alicyclic amines) is 1. The second-order valence-electron chi connectivity index (χ2n) is 8.27. The van der Waals surface area contributed by atoms with Crippen LogP contribution in [0.15, 0.2) is 12.1 Å². The number of nitrogens with zero attached hydrogens (tertiary/aromatic N) is 1. The lowest BCUT2D eigenvalue weighted by Crippen LogP contribution is -2.49. The number of piperidine rings is 1. The van der Waals surface area contributed by atoms with Gasteiger partial charge in [0.05, 0.1) is 16.7 Å². The summed E-state index contributed by atoms with van der Waals surface area (Å²) in [6.07, 6.45) is 2.46. The van der Waals surface area contributed by atoms with E-state index < -0.39 is 5.60 Å². The minimum Gasteiger partial charge on any atom is -0.488 e. The molecule has 2 rings (SSSR count). The molecule has 0 aliphatic carbocycles. The van der Waals surface area contributed by atoms with Crippen molar-refractivity contribution in [2.45, 2.75) is 51.7 Å². The molecule has 0 aromatic heterocycles. The molecule has 1 amide bonds. The maximum atomic E-state index is 12.0. The molecule has 0 radical (unpaired) electrons. The maximum absolute atomic E-state index is 12.0. The van der Waals surface area contributed by atoms with Crippen LogP contribution in [0.5, 0.6) is 5.75 Å². The molecule has 1 fully saturated rings. The molecule has 1 aromatic carbocycles. The molecular weight excluding hydrogens is 415 g/mol. The van der Waals surface area contributed by atoms with E-state index in [2.05, 4.69) is 10.2 Å². The highest BCUT2D eigenvalue weighted by Crippen LogP contribution is 2.34. The molecule has 8 heteroatoms. The Bertz CT molecular complexity index is 656. The third-order valence-corrected chi connectivity index (χ3v) is 5.10. The molecule has 29 heavy (non-hydrogen) atoms. The largest absolute Gasteiger partial charge is 0.488 e. The fourth-order valence-corrected chi connectivity index (χ4v) is 3.90. The maximum Gasteiger partial charge on any atom is 0.407 e. The van der Waals surface area contributed by atoms with Crippen LogP contribution in [0.3, 0.4) is 0 Å². The average molecular weight is 447 g/mol. The molecule has 1 N–H and O–H groups in total. The summed E-state index contributed by atoms with van der Waals surface area (Å²) >= 11 is 12.7. The van der Waals surface area contributed by atoms with E-state index in [9.17, 15) is 4.79 Å². The first kappa shape index (κ1) is 24.1. The van der Waals surface area contributed by atoms with E-state index in [0.29, 0.717) is 29.0 Å². The topological polar surface area (TPSA) is 60.0 Å². The Hall–Kier alpha value is -1.21. The summed E-state index contributed by atoms with van der Waals surface area (Å²) in [5.74, 6) is 0.494. The summed E-state index contributed by atoms with van der Waals surface area (Å²) in [7, 11) is 1.61. The molecule has 1 saturated heterocycles. The summed E-state index contributed by atoms with van der Waals surface area (Å²) in [6, 6.07) is 3.90. The van der Waals surface area contributed by atoms with Crippen LogP contribution in [0.4, 0.5) is 4.79 Å². The third kappa shape index (κ3) is 8.59. The van der Waals surface area contributed by atoms with Crippen LogP contribution in [0.25, 0.3) is 0 Å². The van der Waals surface area contributed by atoms with Gasteiger partial charge in [-0.15, -0.1) is 0 Å². The molecule has 6 nitrogen and oxygen atoms in total. The number of carbonyl (C=O) groups excluding carboxylic acids is 1. The Morgan fingerprint density at radius 3 is 2.55 bits per heavy atom. The van der Waals surface area contributed by atoms with Gasteiger partial charge in [0, 0.05) is 26.2 Å². The van der Waals surface area contributed by atoms with Gasteiger partial charge in [0.1, 0.15) is 12.2 Å². The summed E-state index contributed by atoms with van der Waals surface area (Å²) in [4.78, 5) is 14.4. The number of alkyl carbamates (subject to hydrolysis) is 1. The Kier molecular flexibility index (Phi) is 9.34. The predicted molar refractivity (Wildman–Crippen MR) is 116 cm³/mol. The zero-order chi connectivity index (χ0) is 21.4. The van der Waals surface area contributed by atoms with Gasteiger partial charge in [-0.25, -0.2) is 4.79 Å². The van der Waals surface area contributed by atoms with Gasteiger partial charge < -0.3 is 24.4 Å². The zero-order valence-corrected chi connectivity index (χ0v) is 19.2. The molecule has 1 atom stereocenters. The fourth-order valence-electron chi connectivity index (χ4n) is 3.26. The van der Waals surface area contributed by atoms with Gasteiger partial charge in [-0.05, 0) is 64.3 Å². The smallest absolute Gasteiger partial charge is 0.407 e. The lowest BCUT2D eigenvalue weighted by atomic mass is 10.0. The molecule has 164 valence electrons. The van der Waals surface area contributed by atoms with Crippen LogP contribution in [0.1, 0.15) is 39.2 Å².